The zero-order chi connectivity index (χ0) is 15.2. The molecule has 0 saturated heterocycles. The molecule has 0 fully saturated rings. The molecule has 6 nitrogen and oxygen atoms in total. The molecule has 0 bridgehead atoms. The Kier molecular flexibility index (Phi) is 4.35. The average Bonchev–Trinajstić information content (AvgIpc) is 2.47. The van der Waals surface area contributed by atoms with Crippen molar-refractivity contribution in [3.8, 4) is 0 Å². The number of hydrogen-bond acceptors (Lipinski definition) is 4. The minimum atomic E-state index is -1.14. The fourth-order valence-corrected chi connectivity index (χ4v) is 1.52. The first-order valence-corrected chi connectivity index (χ1v) is 5.85. The van der Waals surface area contributed by atoms with Gasteiger partial charge in [0.15, 0.2) is 0 Å². The van der Waals surface area contributed by atoms with Crippen molar-refractivity contribution in [2.75, 3.05) is 5.32 Å². The molecule has 0 aliphatic rings. The maximum atomic E-state index is 13.7. The largest absolute Gasteiger partial charge is 0.478 e. The normalized spacial score (nSPS) is 10.5. The first kappa shape index (κ1) is 14.3. The highest BCUT2D eigenvalue weighted by Gasteiger charge is 2.13. The van der Waals surface area contributed by atoms with Crippen LogP contribution in [0.2, 0.25) is 0 Å². The van der Waals surface area contributed by atoms with Crippen LogP contribution in [0.15, 0.2) is 42.7 Å². The van der Waals surface area contributed by atoms with E-state index in [1.54, 1.807) is 6.07 Å². The molecule has 1 amide bonds. The van der Waals surface area contributed by atoms with Gasteiger partial charge in [0.05, 0.1) is 5.56 Å². The van der Waals surface area contributed by atoms with Gasteiger partial charge in [-0.3, -0.25) is 10.1 Å². The molecule has 0 aliphatic carbocycles. The minimum absolute atomic E-state index is 0.0494. The number of carboxylic acid groups (broad SMARTS) is 1. The fraction of sp³-hybridized carbons (Fsp3) is 0. The van der Waals surface area contributed by atoms with Crippen molar-refractivity contribution < 1.29 is 19.1 Å². The fourth-order valence-electron chi connectivity index (χ4n) is 1.52. The molecule has 2 N–H and O–H groups in total. The Morgan fingerprint density at radius 2 is 1.95 bits per heavy atom. The lowest BCUT2D eigenvalue weighted by atomic mass is 10.1. The number of hydrogen-bond donors (Lipinski definition) is 2. The summed E-state index contributed by atoms with van der Waals surface area (Å²) in [6.07, 6.45) is 5.03. The summed E-state index contributed by atoms with van der Waals surface area (Å²) in [5.41, 5.74) is 0.160. The van der Waals surface area contributed by atoms with Crippen molar-refractivity contribution in [1.29, 1.82) is 0 Å². The van der Waals surface area contributed by atoms with E-state index in [9.17, 15) is 14.0 Å². The van der Waals surface area contributed by atoms with Gasteiger partial charge in [0.1, 0.15) is 5.82 Å². The zero-order valence-electron chi connectivity index (χ0n) is 10.7. The van der Waals surface area contributed by atoms with Crippen molar-refractivity contribution in [3.05, 3.63) is 59.7 Å². The summed E-state index contributed by atoms with van der Waals surface area (Å²) in [5.74, 6) is -2.53. The van der Waals surface area contributed by atoms with Gasteiger partial charge < -0.3 is 5.11 Å². The predicted octanol–water partition coefficient (Wildman–Crippen LogP) is 1.97. The molecular formula is C14H10FN3O3. The smallest absolute Gasteiger partial charge is 0.328 e. The Hall–Kier alpha value is -3.09. The van der Waals surface area contributed by atoms with Gasteiger partial charge in [-0.15, -0.1) is 0 Å². The first-order valence-electron chi connectivity index (χ1n) is 5.85. The second-order valence-electron chi connectivity index (χ2n) is 3.94. The highest BCUT2D eigenvalue weighted by molar-refractivity contribution is 6.04. The number of nitrogens with one attached hydrogen (secondary N) is 1. The van der Waals surface area contributed by atoms with E-state index >= 15 is 0 Å². The van der Waals surface area contributed by atoms with Gasteiger partial charge in [-0.2, -0.15) is 0 Å². The monoisotopic (exact) mass is 287 g/mol. The van der Waals surface area contributed by atoms with Crippen LogP contribution in [0.5, 0.6) is 0 Å². The molecule has 2 aromatic rings. The van der Waals surface area contributed by atoms with Gasteiger partial charge in [-0.05, 0) is 29.8 Å². The molecule has 0 saturated carbocycles. The maximum absolute atomic E-state index is 13.7. The Morgan fingerprint density at radius 3 is 2.62 bits per heavy atom. The molecule has 2 rings (SSSR count). The topological polar surface area (TPSA) is 92.2 Å². The van der Waals surface area contributed by atoms with Gasteiger partial charge >= 0.3 is 5.97 Å². The number of anilines is 1. The van der Waals surface area contributed by atoms with E-state index in [1.807, 2.05) is 0 Å². The van der Waals surface area contributed by atoms with E-state index in [-0.39, 0.29) is 11.5 Å². The number of carbonyl (C=O) groups is 2. The van der Waals surface area contributed by atoms with Crippen LogP contribution in [0, 0.1) is 5.82 Å². The standard InChI is InChI=1S/C14H10FN3O3/c15-11-4-2-9(3-5-12(19)20)8-10(11)13(21)18-14-16-6-1-7-17-14/h1-8H,(H,19,20)(H,16,17,18,21). The molecule has 7 heteroatoms. The van der Waals surface area contributed by atoms with Crippen molar-refractivity contribution in [3.63, 3.8) is 0 Å². The molecule has 0 radical (unpaired) electrons. The van der Waals surface area contributed by atoms with E-state index in [0.29, 0.717) is 5.56 Å². The lowest BCUT2D eigenvalue weighted by molar-refractivity contribution is -0.131. The van der Waals surface area contributed by atoms with Crippen LogP contribution in [0.25, 0.3) is 6.08 Å². The molecule has 0 aliphatic heterocycles. The lowest BCUT2D eigenvalue weighted by Gasteiger charge is -2.05. The third-order valence-corrected chi connectivity index (χ3v) is 2.44. The number of aromatic nitrogens is 2. The molecule has 0 atom stereocenters. The van der Waals surface area contributed by atoms with Crippen LogP contribution < -0.4 is 5.32 Å². The van der Waals surface area contributed by atoms with E-state index in [1.165, 1.54) is 30.6 Å². The molecule has 0 unspecified atom stereocenters. The van der Waals surface area contributed by atoms with Gasteiger partial charge in [0.25, 0.3) is 5.91 Å². The molecule has 21 heavy (non-hydrogen) atoms. The molecule has 1 aromatic heterocycles. The van der Waals surface area contributed by atoms with Crippen LogP contribution in [-0.4, -0.2) is 27.0 Å². The third kappa shape index (κ3) is 3.93. The molecular weight excluding hydrogens is 277 g/mol. The predicted molar refractivity (Wildman–Crippen MR) is 73.1 cm³/mol. The summed E-state index contributed by atoms with van der Waals surface area (Å²) in [5, 5.41) is 10.9. The average molecular weight is 287 g/mol. The summed E-state index contributed by atoms with van der Waals surface area (Å²) in [4.78, 5) is 30.0. The molecule has 106 valence electrons. The number of amides is 1. The number of benzene rings is 1. The van der Waals surface area contributed by atoms with Crippen LogP contribution in [0.3, 0.4) is 0 Å². The number of carbonyl (C=O) groups excluding carboxylic acids is 1. The van der Waals surface area contributed by atoms with Crippen molar-refractivity contribution in [1.82, 2.24) is 9.97 Å². The summed E-state index contributed by atoms with van der Waals surface area (Å²) in [6.45, 7) is 0. The Morgan fingerprint density at radius 1 is 1.24 bits per heavy atom. The van der Waals surface area contributed by atoms with Crippen LogP contribution in [0.4, 0.5) is 10.3 Å². The van der Waals surface area contributed by atoms with E-state index in [4.69, 9.17) is 5.11 Å². The van der Waals surface area contributed by atoms with E-state index < -0.39 is 17.7 Å². The van der Waals surface area contributed by atoms with Gasteiger partial charge in [0.2, 0.25) is 5.95 Å². The van der Waals surface area contributed by atoms with Crippen molar-refractivity contribution in [2.45, 2.75) is 0 Å². The van der Waals surface area contributed by atoms with Crippen molar-refractivity contribution in [2.24, 2.45) is 0 Å². The van der Waals surface area contributed by atoms with Crippen LogP contribution in [0.1, 0.15) is 15.9 Å². The highest BCUT2D eigenvalue weighted by Crippen LogP contribution is 2.13. The Labute approximate surface area is 119 Å². The summed E-state index contributed by atoms with van der Waals surface area (Å²) >= 11 is 0. The summed E-state index contributed by atoms with van der Waals surface area (Å²) in [7, 11) is 0. The number of nitrogens with zero attached hydrogens (tertiary/aromatic N) is 2. The third-order valence-electron chi connectivity index (χ3n) is 2.44. The molecule has 0 spiro atoms. The summed E-state index contributed by atoms with van der Waals surface area (Å²) in [6, 6.07) is 5.27. The number of aliphatic carboxylic acids is 1. The molecule has 1 heterocycles. The SMILES string of the molecule is O=C(O)C=Cc1ccc(F)c(C(=O)Nc2ncccn2)c1. The number of carboxylic acids is 1. The van der Waals surface area contributed by atoms with Crippen LogP contribution >= 0.6 is 0 Å². The minimum Gasteiger partial charge on any atom is -0.478 e. The Balaban J connectivity index is 2.24. The maximum Gasteiger partial charge on any atom is 0.328 e. The summed E-state index contributed by atoms with van der Waals surface area (Å²) < 4.78 is 13.7. The second kappa shape index (κ2) is 6.38. The van der Waals surface area contributed by atoms with Gasteiger partial charge in [0, 0.05) is 18.5 Å². The number of halogens is 1. The van der Waals surface area contributed by atoms with Crippen molar-refractivity contribution >= 4 is 23.9 Å². The van der Waals surface area contributed by atoms with Gasteiger partial charge in [-0.1, -0.05) is 6.07 Å². The lowest BCUT2D eigenvalue weighted by Crippen LogP contribution is -2.15. The highest BCUT2D eigenvalue weighted by atomic mass is 19.1. The second-order valence-corrected chi connectivity index (χ2v) is 3.94. The Bertz CT molecular complexity index is 702. The first-order chi connectivity index (χ1) is 10.1. The van der Waals surface area contributed by atoms with Gasteiger partial charge in [-0.25, -0.2) is 19.2 Å². The quantitative estimate of drug-likeness (QED) is 0.839. The van der Waals surface area contributed by atoms with E-state index in [0.717, 1.165) is 12.1 Å². The zero-order valence-corrected chi connectivity index (χ0v) is 10.7. The number of rotatable bonds is 4. The van der Waals surface area contributed by atoms with Crippen LogP contribution in [-0.2, 0) is 4.79 Å². The molecule has 1 aromatic carbocycles. The van der Waals surface area contributed by atoms with E-state index in [2.05, 4.69) is 15.3 Å².